The van der Waals surface area contributed by atoms with Crippen LogP contribution >= 0.6 is 11.8 Å². The van der Waals surface area contributed by atoms with Crippen molar-refractivity contribution in [2.75, 3.05) is 11.1 Å². The molecule has 0 aliphatic carbocycles. The lowest BCUT2D eigenvalue weighted by molar-refractivity contribution is -0.113. The summed E-state index contributed by atoms with van der Waals surface area (Å²) in [6, 6.07) is 3.61. The van der Waals surface area contributed by atoms with Gasteiger partial charge in [0.15, 0.2) is 0 Å². The standard InChI is InChI=1S/C12H10FN3O4S/c1-6-15-16-12(20-6)14-10(17)5-21-7-2-3-9(13)8(4-7)11(18)19/h2-4H,5H2,1H3,(H,18,19)(H,14,16,17). The van der Waals surface area contributed by atoms with E-state index < -0.39 is 23.3 Å². The maximum atomic E-state index is 13.2. The van der Waals surface area contributed by atoms with Gasteiger partial charge in [-0.05, 0) is 18.2 Å². The summed E-state index contributed by atoms with van der Waals surface area (Å²) in [6.07, 6.45) is 0. The zero-order valence-electron chi connectivity index (χ0n) is 10.8. The number of carbonyl (C=O) groups excluding carboxylic acids is 1. The summed E-state index contributed by atoms with van der Waals surface area (Å²) in [6.45, 7) is 1.59. The number of anilines is 1. The van der Waals surface area contributed by atoms with E-state index in [1.54, 1.807) is 6.92 Å². The van der Waals surface area contributed by atoms with Crippen molar-refractivity contribution in [1.82, 2.24) is 10.2 Å². The van der Waals surface area contributed by atoms with Crippen molar-refractivity contribution in [1.29, 1.82) is 0 Å². The molecule has 0 saturated heterocycles. The van der Waals surface area contributed by atoms with Crippen LogP contribution in [0.4, 0.5) is 10.4 Å². The topological polar surface area (TPSA) is 105 Å². The number of hydrogen-bond acceptors (Lipinski definition) is 6. The Kier molecular flexibility index (Phi) is 4.53. The number of benzene rings is 1. The van der Waals surface area contributed by atoms with Crippen molar-refractivity contribution >= 4 is 29.7 Å². The molecule has 2 aromatic rings. The first-order valence-electron chi connectivity index (χ1n) is 5.71. The number of carboxylic acids is 1. The zero-order chi connectivity index (χ0) is 15.4. The van der Waals surface area contributed by atoms with Crippen molar-refractivity contribution in [3.8, 4) is 0 Å². The van der Waals surface area contributed by atoms with E-state index in [1.165, 1.54) is 12.1 Å². The van der Waals surface area contributed by atoms with Crippen molar-refractivity contribution in [2.24, 2.45) is 0 Å². The predicted octanol–water partition coefficient (Wildman–Crippen LogP) is 1.95. The third-order valence-electron chi connectivity index (χ3n) is 2.31. The van der Waals surface area contributed by atoms with Crippen LogP contribution in [0, 0.1) is 12.7 Å². The van der Waals surface area contributed by atoms with Gasteiger partial charge in [-0.15, -0.1) is 16.9 Å². The third-order valence-corrected chi connectivity index (χ3v) is 3.30. The molecule has 0 spiro atoms. The molecule has 7 nitrogen and oxygen atoms in total. The first-order valence-corrected chi connectivity index (χ1v) is 6.70. The number of hydrogen-bond donors (Lipinski definition) is 2. The van der Waals surface area contributed by atoms with Crippen LogP contribution in [0.3, 0.4) is 0 Å². The van der Waals surface area contributed by atoms with Crippen LogP contribution < -0.4 is 5.32 Å². The van der Waals surface area contributed by atoms with Gasteiger partial charge < -0.3 is 9.52 Å². The minimum absolute atomic E-state index is 0.00782. The number of nitrogens with one attached hydrogen (secondary N) is 1. The van der Waals surface area contributed by atoms with E-state index in [1.807, 2.05) is 0 Å². The number of thioether (sulfide) groups is 1. The van der Waals surface area contributed by atoms with E-state index >= 15 is 0 Å². The number of nitrogens with zero attached hydrogens (tertiary/aromatic N) is 2. The Balaban J connectivity index is 1.95. The molecule has 9 heteroatoms. The molecule has 110 valence electrons. The molecular formula is C12H10FN3O4S. The second-order valence-corrected chi connectivity index (χ2v) is 4.96. The van der Waals surface area contributed by atoms with Gasteiger partial charge in [-0.3, -0.25) is 10.1 Å². The molecule has 0 radical (unpaired) electrons. The van der Waals surface area contributed by atoms with Gasteiger partial charge in [0.2, 0.25) is 11.8 Å². The van der Waals surface area contributed by atoms with Crippen molar-refractivity contribution in [2.45, 2.75) is 11.8 Å². The predicted molar refractivity (Wildman–Crippen MR) is 71.7 cm³/mol. The maximum absolute atomic E-state index is 13.2. The van der Waals surface area contributed by atoms with Gasteiger partial charge in [0.25, 0.3) is 0 Å². The van der Waals surface area contributed by atoms with Gasteiger partial charge >= 0.3 is 12.0 Å². The molecule has 1 amide bonds. The van der Waals surface area contributed by atoms with Gasteiger partial charge in [-0.2, -0.15) is 0 Å². The highest BCUT2D eigenvalue weighted by Gasteiger charge is 2.13. The van der Waals surface area contributed by atoms with Crippen LogP contribution in [0.15, 0.2) is 27.5 Å². The van der Waals surface area contributed by atoms with Gasteiger partial charge in [0, 0.05) is 11.8 Å². The minimum atomic E-state index is -1.36. The summed E-state index contributed by atoms with van der Waals surface area (Å²) < 4.78 is 18.2. The summed E-state index contributed by atoms with van der Waals surface area (Å²) in [4.78, 5) is 22.9. The molecule has 0 aliphatic heterocycles. The number of rotatable bonds is 5. The Hall–Kier alpha value is -2.42. The lowest BCUT2D eigenvalue weighted by atomic mass is 10.2. The number of amides is 1. The molecule has 21 heavy (non-hydrogen) atoms. The fraction of sp³-hybridized carbons (Fsp3) is 0.167. The average molecular weight is 311 g/mol. The lowest BCUT2D eigenvalue weighted by Crippen LogP contribution is -2.14. The Morgan fingerprint density at radius 3 is 2.81 bits per heavy atom. The minimum Gasteiger partial charge on any atom is -0.478 e. The lowest BCUT2D eigenvalue weighted by Gasteiger charge is -2.03. The van der Waals surface area contributed by atoms with Crippen molar-refractivity contribution in [3.05, 3.63) is 35.5 Å². The number of halogens is 1. The summed E-state index contributed by atoms with van der Waals surface area (Å²) >= 11 is 1.06. The second kappa shape index (κ2) is 6.35. The summed E-state index contributed by atoms with van der Waals surface area (Å²) in [5, 5.41) is 18.4. The van der Waals surface area contributed by atoms with Crippen LogP contribution in [0.25, 0.3) is 0 Å². The first-order chi connectivity index (χ1) is 9.95. The molecule has 0 bridgehead atoms. The fourth-order valence-electron chi connectivity index (χ4n) is 1.41. The average Bonchev–Trinajstić information content (AvgIpc) is 2.82. The summed E-state index contributed by atoms with van der Waals surface area (Å²) in [5.41, 5.74) is -0.437. The normalized spacial score (nSPS) is 10.4. The Morgan fingerprint density at radius 1 is 1.43 bits per heavy atom. The Morgan fingerprint density at radius 2 is 2.19 bits per heavy atom. The number of aromatic nitrogens is 2. The molecule has 1 heterocycles. The highest BCUT2D eigenvalue weighted by molar-refractivity contribution is 8.00. The largest absolute Gasteiger partial charge is 0.478 e. The Bertz CT molecular complexity index is 689. The molecule has 1 aromatic heterocycles. The van der Waals surface area contributed by atoms with Crippen LogP contribution in [-0.4, -0.2) is 32.9 Å². The summed E-state index contributed by atoms with van der Waals surface area (Å²) in [7, 11) is 0. The number of carboxylic acid groups (broad SMARTS) is 1. The molecule has 0 aliphatic rings. The third kappa shape index (κ3) is 4.02. The SMILES string of the molecule is Cc1nnc(NC(=O)CSc2ccc(F)c(C(=O)O)c2)o1. The monoisotopic (exact) mass is 311 g/mol. The van der Waals surface area contributed by atoms with Crippen LogP contribution in [0.5, 0.6) is 0 Å². The van der Waals surface area contributed by atoms with E-state index in [9.17, 15) is 14.0 Å². The number of aryl methyl sites for hydroxylation is 1. The molecule has 2 N–H and O–H groups in total. The van der Waals surface area contributed by atoms with Gasteiger partial charge in [-0.25, -0.2) is 9.18 Å². The van der Waals surface area contributed by atoms with Crippen LogP contribution in [-0.2, 0) is 4.79 Å². The number of aromatic carboxylic acids is 1. The molecule has 0 saturated carbocycles. The molecule has 2 rings (SSSR count). The van der Waals surface area contributed by atoms with Gasteiger partial charge in [0.1, 0.15) is 5.82 Å². The van der Waals surface area contributed by atoms with Crippen LogP contribution in [0.2, 0.25) is 0 Å². The van der Waals surface area contributed by atoms with E-state index in [2.05, 4.69) is 15.5 Å². The molecule has 1 aromatic carbocycles. The molecule has 0 unspecified atom stereocenters. The van der Waals surface area contributed by atoms with E-state index in [4.69, 9.17) is 9.52 Å². The van der Waals surface area contributed by atoms with Gasteiger partial charge in [-0.1, -0.05) is 5.10 Å². The highest BCUT2D eigenvalue weighted by Crippen LogP contribution is 2.21. The Labute approximate surface area is 122 Å². The molecule has 0 fully saturated rings. The van der Waals surface area contributed by atoms with E-state index in [0.717, 1.165) is 17.8 Å². The van der Waals surface area contributed by atoms with Crippen molar-refractivity contribution < 1.29 is 23.5 Å². The number of carbonyl (C=O) groups is 2. The molecular weight excluding hydrogens is 301 g/mol. The van der Waals surface area contributed by atoms with E-state index in [-0.39, 0.29) is 11.8 Å². The van der Waals surface area contributed by atoms with E-state index in [0.29, 0.717) is 10.8 Å². The van der Waals surface area contributed by atoms with Gasteiger partial charge in [0.05, 0.1) is 11.3 Å². The fourth-order valence-corrected chi connectivity index (χ4v) is 2.14. The van der Waals surface area contributed by atoms with Crippen LogP contribution in [0.1, 0.15) is 16.2 Å². The molecule has 0 atom stereocenters. The zero-order valence-corrected chi connectivity index (χ0v) is 11.6. The maximum Gasteiger partial charge on any atom is 0.338 e. The first kappa shape index (κ1) is 15.0. The smallest absolute Gasteiger partial charge is 0.338 e. The van der Waals surface area contributed by atoms with Crippen molar-refractivity contribution in [3.63, 3.8) is 0 Å². The quantitative estimate of drug-likeness (QED) is 0.813. The highest BCUT2D eigenvalue weighted by atomic mass is 32.2. The second-order valence-electron chi connectivity index (χ2n) is 3.91. The summed E-state index contributed by atoms with van der Waals surface area (Å²) in [5.74, 6) is -2.27.